The highest BCUT2D eigenvalue weighted by Gasteiger charge is 2.07. The molecule has 1 aromatic rings. The normalized spacial score (nSPS) is 11.4. The maximum Gasteiger partial charge on any atom is 0.213 e. The molecule has 5 nitrogen and oxygen atoms in total. The van der Waals surface area contributed by atoms with Crippen LogP contribution in [-0.4, -0.2) is 32.2 Å². The summed E-state index contributed by atoms with van der Waals surface area (Å²) < 4.78 is 25.0. The highest BCUT2D eigenvalue weighted by molar-refractivity contribution is 7.89. The molecule has 0 saturated carbocycles. The quantitative estimate of drug-likeness (QED) is 0.754. The summed E-state index contributed by atoms with van der Waals surface area (Å²) in [5.74, 6) is 0.0286. The first kappa shape index (κ1) is 13.2. The van der Waals surface area contributed by atoms with E-state index in [2.05, 4.69) is 15.0 Å². The minimum atomic E-state index is -3.17. The lowest BCUT2D eigenvalue weighted by Gasteiger charge is -2.07. The van der Waals surface area contributed by atoms with Crippen LogP contribution in [0, 0.1) is 0 Å². The van der Waals surface area contributed by atoms with Crippen LogP contribution in [0.25, 0.3) is 0 Å². The van der Waals surface area contributed by atoms with Gasteiger partial charge in [0, 0.05) is 25.0 Å². The zero-order valence-corrected chi connectivity index (χ0v) is 10.5. The fourth-order valence-electron chi connectivity index (χ4n) is 1.13. The average molecular weight is 264 g/mol. The van der Waals surface area contributed by atoms with Crippen molar-refractivity contribution in [3.8, 4) is 0 Å². The summed E-state index contributed by atoms with van der Waals surface area (Å²) in [5.41, 5.74) is 0.756. The van der Waals surface area contributed by atoms with Crippen LogP contribution in [0.2, 0.25) is 5.15 Å². The predicted molar refractivity (Wildman–Crippen MR) is 65.2 cm³/mol. The van der Waals surface area contributed by atoms with Crippen molar-refractivity contribution in [3.05, 3.63) is 23.5 Å². The van der Waals surface area contributed by atoms with Crippen LogP contribution in [0.5, 0.6) is 0 Å². The molecule has 0 aliphatic rings. The van der Waals surface area contributed by atoms with Gasteiger partial charge in [0.05, 0.1) is 5.75 Å². The first-order chi connectivity index (χ1) is 7.53. The number of sulfonamides is 1. The Balaban J connectivity index is 2.42. The molecule has 0 amide bonds. The lowest BCUT2D eigenvalue weighted by Crippen LogP contribution is -2.29. The van der Waals surface area contributed by atoms with E-state index < -0.39 is 10.0 Å². The lowest BCUT2D eigenvalue weighted by atomic mass is 10.4. The van der Waals surface area contributed by atoms with E-state index in [9.17, 15) is 8.42 Å². The summed E-state index contributed by atoms with van der Waals surface area (Å²) in [4.78, 5) is 3.82. The Morgan fingerprint density at radius 2 is 2.25 bits per heavy atom. The average Bonchev–Trinajstić information content (AvgIpc) is 2.17. The molecule has 1 aromatic heterocycles. The molecule has 16 heavy (non-hydrogen) atoms. The first-order valence-electron chi connectivity index (χ1n) is 4.86. The van der Waals surface area contributed by atoms with Crippen LogP contribution in [-0.2, 0) is 10.0 Å². The van der Waals surface area contributed by atoms with Crippen molar-refractivity contribution in [2.24, 2.45) is 0 Å². The van der Waals surface area contributed by atoms with Gasteiger partial charge in [-0.3, -0.25) is 0 Å². The van der Waals surface area contributed by atoms with Crippen molar-refractivity contribution in [2.75, 3.05) is 24.2 Å². The van der Waals surface area contributed by atoms with E-state index in [0.29, 0.717) is 18.2 Å². The molecule has 1 rings (SSSR count). The Morgan fingerprint density at radius 1 is 1.50 bits per heavy atom. The molecule has 0 radical (unpaired) electrons. The van der Waals surface area contributed by atoms with Crippen molar-refractivity contribution < 1.29 is 8.42 Å². The molecule has 0 atom stereocenters. The van der Waals surface area contributed by atoms with Crippen LogP contribution < -0.4 is 10.0 Å². The monoisotopic (exact) mass is 263 g/mol. The number of pyridine rings is 1. The molecule has 0 aromatic carbocycles. The molecule has 0 fully saturated rings. The number of rotatable bonds is 6. The smallest absolute Gasteiger partial charge is 0.213 e. The second kappa shape index (κ2) is 6.03. The van der Waals surface area contributed by atoms with Gasteiger partial charge in [0.2, 0.25) is 10.0 Å². The zero-order valence-electron chi connectivity index (χ0n) is 8.90. The third-order valence-electron chi connectivity index (χ3n) is 1.79. The molecule has 0 saturated heterocycles. The molecule has 0 aliphatic carbocycles. The molecule has 0 spiro atoms. The Labute approximate surface area is 100 Å². The third-order valence-corrected chi connectivity index (χ3v) is 3.47. The van der Waals surface area contributed by atoms with Crippen LogP contribution in [0.3, 0.4) is 0 Å². The van der Waals surface area contributed by atoms with Crippen LogP contribution >= 0.6 is 11.6 Å². The Morgan fingerprint density at radius 3 is 2.88 bits per heavy atom. The Kier molecular flexibility index (Phi) is 4.98. The number of halogens is 1. The number of aromatic nitrogens is 1. The summed E-state index contributed by atoms with van der Waals surface area (Å²) in [6.07, 6.45) is 1.56. The second-order valence-electron chi connectivity index (χ2n) is 3.11. The Hall–Kier alpha value is -0.850. The maximum absolute atomic E-state index is 11.3. The number of hydrogen-bond acceptors (Lipinski definition) is 4. The fraction of sp³-hybridized carbons (Fsp3) is 0.444. The molecule has 0 bridgehead atoms. The van der Waals surface area contributed by atoms with Crippen molar-refractivity contribution >= 4 is 27.3 Å². The summed E-state index contributed by atoms with van der Waals surface area (Å²) in [7, 11) is -3.17. The molecular formula is C9H14ClN3O2S. The summed E-state index contributed by atoms with van der Waals surface area (Å²) >= 11 is 5.68. The third kappa shape index (κ3) is 4.78. The largest absolute Gasteiger partial charge is 0.384 e. The molecule has 0 unspecified atom stereocenters. The topological polar surface area (TPSA) is 71.1 Å². The SMILES string of the molecule is CCNS(=O)(=O)CCNc1ccnc(Cl)c1. The Bertz CT molecular complexity index is 436. The number of hydrogen-bond donors (Lipinski definition) is 2. The van der Waals surface area contributed by atoms with Crippen molar-refractivity contribution in [3.63, 3.8) is 0 Å². The molecule has 1 heterocycles. The lowest BCUT2D eigenvalue weighted by molar-refractivity contribution is 0.584. The molecular weight excluding hydrogens is 250 g/mol. The van der Waals surface area contributed by atoms with Gasteiger partial charge in [-0.1, -0.05) is 18.5 Å². The van der Waals surface area contributed by atoms with Gasteiger partial charge in [-0.25, -0.2) is 18.1 Å². The minimum Gasteiger partial charge on any atom is -0.384 e. The second-order valence-corrected chi connectivity index (χ2v) is 5.42. The minimum absolute atomic E-state index is 0.0286. The summed E-state index contributed by atoms with van der Waals surface area (Å²) in [5, 5.41) is 3.33. The molecule has 7 heteroatoms. The number of anilines is 1. The van der Waals surface area contributed by atoms with E-state index in [-0.39, 0.29) is 5.75 Å². The van der Waals surface area contributed by atoms with E-state index >= 15 is 0 Å². The molecule has 90 valence electrons. The number of nitrogens with one attached hydrogen (secondary N) is 2. The van der Waals surface area contributed by atoms with Gasteiger partial charge >= 0.3 is 0 Å². The van der Waals surface area contributed by atoms with E-state index in [1.54, 1.807) is 25.3 Å². The molecule has 2 N–H and O–H groups in total. The van der Waals surface area contributed by atoms with Gasteiger partial charge in [0.25, 0.3) is 0 Å². The molecule has 0 aliphatic heterocycles. The standard InChI is InChI=1S/C9H14ClN3O2S/c1-2-13-16(14,15)6-5-11-8-3-4-12-9(10)7-8/h3-4,7,13H,2,5-6H2,1H3,(H,11,12). The van der Waals surface area contributed by atoms with Crippen LogP contribution in [0.1, 0.15) is 6.92 Å². The first-order valence-corrected chi connectivity index (χ1v) is 6.89. The van der Waals surface area contributed by atoms with E-state index in [1.807, 2.05) is 0 Å². The van der Waals surface area contributed by atoms with E-state index in [4.69, 9.17) is 11.6 Å². The van der Waals surface area contributed by atoms with Gasteiger partial charge in [-0.15, -0.1) is 0 Å². The van der Waals surface area contributed by atoms with Gasteiger partial charge in [-0.05, 0) is 12.1 Å². The summed E-state index contributed by atoms with van der Waals surface area (Å²) in [6.45, 7) is 2.48. The van der Waals surface area contributed by atoms with Crippen molar-refractivity contribution in [1.29, 1.82) is 0 Å². The van der Waals surface area contributed by atoms with Crippen molar-refractivity contribution in [1.82, 2.24) is 9.71 Å². The van der Waals surface area contributed by atoms with Gasteiger partial charge in [0.15, 0.2) is 0 Å². The summed E-state index contributed by atoms with van der Waals surface area (Å²) in [6, 6.07) is 3.37. The van der Waals surface area contributed by atoms with Crippen LogP contribution in [0.15, 0.2) is 18.3 Å². The fourth-order valence-corrected chi connectivity index (χ4v) is 2.26. The van der Waals surface area contributed by atoms with Crippen molar-refractivity contribution in [2.45, 2.75) is 6.92 Å². The van der Waals surface area contributed by atoms with Gasteiger partial charge in [-0.2, -0.15) is 0 Å². The zero-order chi connectivity index (χ0) is 12.0. The van der Waals surface area contributed by atoms with E-state index in [0.717, 1.165) is 5.69 Å². The number of nitrogens with zero attached hydrogens (tertiary/aromatic N) is 1. The highest BCUT2D eigenvalue weighted by atomic mass is 35.5. The highest BCUT2D eigenvalue weighted by Crippen LogP contribution is 2.11. The van der Waals surface area contributed by atoms with E-state index in [1.165, 1.54) is 0 Å². The van der Waals surface area contributed by atoms with Crippen LogP contribution in [0.4, 0.5) is 5.69 Å². The van der Waals surface area contributed by atoms with Gasteiger partial charge < -0.3 is 5.32 Å². The predicted octanol–water partition coefficient (Wildman–Crippen LogP) is 1.09. The maximum atomic E-state index is 11.3. The van der Waals surface area contributed by atoms with Gasteiger partial charge in [0.1, 0.15) is 5.15 Å².